The average molecular weight is 380 g/mol. The van der Waals surface area contributed by atoms with Crippen LogP contribution in [-0.4, -0.2) is 15.4 Å². The predicted molar refractivity (Wildman–Crippen MR) is 100 cm³/mol. The van der Waals surface area contributed by atoms with Gasteiger partial charge in [-0.1, -0.05) is 30.3 Å². The standard InChI is InChI=1S/C20H13FN2O3S/c21-15-8-6-14(7-9-15)19(25)26-11-16-10-18(24)23-17(12-27-20(23)22-16)13-4-2-1-3-5-13/h1-10,12H,11H2. The van der Waals surface area contributed by atoms with Gasteiger partial charge >= 0.3 is 5.97 Å². The van der Waals surface area contributed by atoms with E-state index in [1.54, 1.807) is 0 Å². The molecule has 0 amide bonds. The van der Waals surface area contributed by atoms with Gasteiger partial charge in [0.25, 0.3) is 5.56 Å². The topological polar surface area (TPSA) is 60.7 Å². The van der Waals surface area contributed by atoms with Crippen LogP contribution in [-0.2, 0) is 11.3 Å². The lowest BCUT2D eigenvalue weighted by Crippen LogP contribution is -2.16. The van der Waals surface area contributed by atoms with Crippen molar-refractivity contribution < 1.29 is 13.9 Å². The summed E-state index contributed by atoms with van der Waals surface area (Å²) in [4.78, 5) is 29.5. The van der Waals surface area contributed by atoms with E-state index < -0.39 is 11.8 Å². The molecule has 0 spiro atoms. The third kappa shape index (κ3) is 3.50. The summed E-state index contributed by atoms with van der Waals surface area (Å²) in [6.45, 7) is -0.138. The van der Waals surface area contributed by atoms with Crippen LogP contribution in [0.25, 0.3) is 16.2 Å². The van der Waals surface area contributed by atoms with Gasteiger partial charge in [-0.15, -0.1) is 11.3 Å². The van der Waals surface area contributed by atoms with E-state index in [1.165, 1.54) is 46.1 Å². The molecule has 0 saturated heterocycles. The van der Waals surface area contributed by atoms with E-state index in [4.69, 9.17) is 4.74 Å². The molecule has 0 aliphatic rings. The molecule has 2 heterocycles. The van der Waals surface area contributed by atoms with Crippen LogP contribution in [0.4, 0.5) is 4.39 Å². The van der Waals surface area contributed by atoms with Gasteiger partial charge in [-0.05, 0) is 29.8 Å². The molecule has 5 nitrogen and oxygen atoms in total. The van der Waals surface area contributed by atoms with Crippen molar-refractivity contribution in [2.24, 2.45) is 0 Å². The highest BCUT2D eigenvalue weighted by Gasteiger charge is 2.13. The molecule has 0 saturated carbocycles. The van der Waals surface area contributed by atoms with E-state index in [1.807, 2.05) is 35.7 Å². The molecule has 0 atom stereocenters. The van der Waals surface area contributed by atoms with Gasteiger partial charge in [0.05, 0.1) is 17.0 Å². The van der Waals surface area contributed by atoms with Crippen LogP contribution in [0.3, 0.4) is 0 Å². The van der Waals surface area contributed by atoms with Crippen molar-refractivity contribution in [1.82, 2.24) is 9.38 Å². The SMILES string of the molecule is O=C(OCc1cc(=O)n2c(-c3ccccc3)csc2n1)c1ccc(F)cc1. The summed E-state index contributed by atoms with van der Waals surface area (Å²) in [7, 11) is 0. The highest BCUT2D eigenvalue weighted by Crippen LogP contribution is 2.23. The molecule has 4 aromatic rings. The van der Waals surface area contributed by atoms with Crippen molar-refractivity contribution in [3.05, 3.63) is 93.5 Å². The van der Waals surface area contributed by atoms with Crippen LogP contribution in [0.2, 0.25) is 0 Å². The molecule has 0 radical (unpaired) electrons. The fourth-order valence-electron chi connectivity index (χ4n) is 2.66. The Bertz CT molecular complexity index is 1170. The Kier molecular flexibility index (Phi) is 4.52. The number of esters is 1. The summed E-state index contributed by atoms with van der Waals surface area (Å²) in [6.07, 6.45) is 0. The Hall–Kier alpha value is -3.32. The molecule has 27 heavy (non-hydrogen) atoms. The van der Waals surface area contributed by atoms with Crippen molar-refractivity contribution in [2.75, 3.05) is 0 Å². The monoisotopic (exact) mass is 380 g/mol. The first kappa shape index (κ1) is 17.1. The lowest BCUT2D eigenvalue weighted by molar-refractivity contribution is 0.0467. The second-order valence-corrected chi connectivity index (χ2v) is 6.61. The molecule has 134 valence electrons. The van der Waals surface area contributed by atoms with Crippen molar-refractivity contribution in [1.29, 1.82) is 0 Å². The number of nitrogens with zero attached hydrogens (tertiary/aromatic N) is 2. The molecule has 0 unspecified atom stereocenters. The van der Waals surface area contributed by atoms with Gasteiger partial charge < -0.3 is 4.74 Å². The van der Waals surface area contributed by atoms with Crippen molar-refractivity contribution in [3.8, 4) is 11.3 Å². The van der Waals surface area contributed by atoms with Crippen LogP contribution in [0.15, 0.2) is 70.8 Å². The van der Waals surface area contributed by atoms with Crippen LogP contribution in [0, 0.1) is 5.82 Å². The molecule has 0 aliphatic carbocycles. The molecule has 0 N–H and O–H groups in total. The summed E-state index contributed by atoms with van der Waals surface area (Å²) < 4.78 is 19.6. The number of hydrogen-bond donors (Lipinski definition) is 0. The van der Waals surface area contributed by atoms with Crippen molar-refractivity contribution in [3.63, 3.8) is 0 Å². The molecule has 0 bridgehead atoms. The second kappa shape index (κ2) is 7.13. The average Bonchev–Trinajstić information content (AvgIpc) is 3.12. The van der Waals surface area contributed by atoms with E-state index in [2.05, 4.69) is 4.98 Å². The number of rotatable bonds is 4. The molecule has 2 aromatic heterocycles. The van der Waals surface area contributed by atoms with Crippen LogP contribution < -0.4 is 5.56 Å². The maximum absolute atomic E-state index is 12.9. The fourth-order valence-corrected chi connectivity index (χ4v) is 3.58. The number of aromatic nitrogens is 2. The molecular weight excluding hydrogens is 367 g/mol. The lowest BCUT2D eigenvalue weighted by atomic mass is 10.2. The van der Waals surface area contributed by atoms with Gasteiger partial charge in [0, 0.05) is 11.4 Å². The Balaban J connectivity index is 1.58. The summed E-state index contributed by atoms with van der Waals surface area (Å²) >= 11 is 1.34. The zero-order chi connectivity index (χ0) is 18.8. The first-order valence-corrected chi connectivity index (χ1v) is 8.98. The molecule has 4 rings (SSSR count). The Labute approximate surface area is 157 Å². The molecular formula is C20H13FN2O3S. The summed E-state index contributed by atoms with van der Waals surface area (Å²) in [5.41, 5.74) is 2.03. The number of halogens is 1. The van der Waals surface area contributed by atoms with Crippen LogP contribution in [0.1, 0.15) is 16.1 Å². The number of hydrogen-bond acceptors (Lipinski definition) is 5. The Morgan fingerprint density at radius 2 is 1.85 bits per heavy atom. The normalized spacial score (nSPS) is 10.9. The zero-order valence-corrected chi connectivity index (χ0v) is 14.8. The van der Waals surface area contributed by atoms with Gasteiger partial charge in [0.15, 0.2) is 4.96 Å². The van der Waals surface area contributed by atoms with Gasteiger partial charge in [-0.25, -0.2) is 14.2 Å². The number of carbonyl (C=O) groups excluding carboxylic acids is 1. The van der Waals surface area contributed by atoms with E-state index in [9.17, 15) is 14.0 Å². The fraction of sp³-hybridized carbons (Fsp3) is 0.0500. The number of carbonyl (C=O) groups is 1. The molecule has 0 fully saturated rings. The largest absolute Gasteiger partial charge is 0.456 e. The van der Waals surface area contributed by atoms with Crippen molar-refractivity contribution >= 4 is 22.3 Å². The number of fused-ring (bicyclic) bond motifs is 1. The van der Waals surface area contributed by atoms with Crippen LogP contribution >= 0.6 is 11.3 Å². The van der Waals surface area contributed by atoms with Crippen molar-refractivity contribution in [2.45, 2.75) is 6.61 Å². The number of benzene rings is 2. The third-order valence-corrected chi connectivity index (χ3v) is 4.78. The van der Waals surface area contributed by atoms with E-state index in [0.29, 0.717) is 10.7 Å². The van der Waals surface area contributed by atoms with Crippen LogP contribution in [0.5, 0.6) is 0 Å². The number of ether oxygens (including phenoxy) is 1. The first-order valence-electron chi connectivity index (χ1n) is 8.10. The van der Waals surface area contributed by atoms with E-state index in [-0.39, 0.29) is 17.7 Å². The maximum Gasteiger partial charge on any atom is 0.338 e. The molecule has 7 heteroatoms. The van der Waals surface area contributed by atoms with E-state index >= 15 is 0 Å². The predicted octanol–water partition coefficient (Wildman–Crippen LogP) is 3.92. The highest BCUT2D eigenvalue weighted by atomic mass is 32.1. The summed E-state index contributed by atoms with van der Waals surface area (Å²) in [5, 5.41) is 1.87. The Morgan fingerprint density at radius 3 is 2.59 bits per heavy atom. The Morgan fingerprint density at radius 1 is 1.11 bits per heavy atom. The smallest absolute Gasteiger partial charge is 0.338 e. The van der Waals surface area contributed by atoms with Gasteiger partial charge in [0.1, 0.15) is 12.4 Å². The third-order valence-electron chi connectivity index (χ3n) is 3.96. The number of thiazole rings is 1. The van der Waals surface area contributed by atoms with E-state index in [0.717, 1.165) is 11.3 Å². The highest BCUT2D eigenvalue weighted by molar-refractivity contribution is 7.15. The quantitative estimate of drug-likeness (QED) is 0.504. The summed E-state index contributed by atoms with van der Waals surface area (Å²) in [5.74, 6) is -1.04. The maximum atomic E-state index is 12.9. The lowest BCUT2D eigenvalue weighted by Gasteiger charge is -2.06. The minimum atomic E-state index is -0.604. The summed E-state index contributed by atoms with van der Waals surface area (Å²) in [6, 6.07) is 16.0. The zero-order valence-electron chi connectivity index (χ0n) is 14.0. The molecule has 2 aromatic carbocycles. The van der Waals surface area contributed by atoms with Gasteiger partial charge in [0.2, 0.25) is 0 Å². The van der Waals surface area contributed by atoms with Gasteiger partial charge in [-0.3, -0.25) is 9.20 Å². The second-order valence-electron chi connectivity index (χ2n) is 5.77. The minimum Gasteiger partial charge on any atom is -0.456 e. The first-order chi connectivity index (χ1) is 13.1. The molecule has 0 aliphatic heterocycles. The minimum absolute atomic E-state index is 0.138. The van der Waals surface area contributed by atoms with Gasteiger partial charge in [-0.2, -0.15) is 0 Å².